The molecule has 0 bridgehead atoms. The van der Waals surface area contributed by atoms with E-state index in [2.05, 4.69) is 0 Å². The van der Waals surface area contributed by atoms with Gasteiger partial charge in [-0.25, -0.2) is 0 Å². The van der Waals surface area contributed by atoms with Crippen molar-refractivity contribution in [3.05, 3.63) is 83.9 Å². The molecule has 8 heteroatoms. The van der Waals surface area contributed by atoms with Gasteiger partial charge in [-0.1, -0.05) is 99.3 Å². The maximum atomic E-state index is 14.7. The average molecular weight is 655 g/mol. The van der Waals surface area contributed by atoms with E-state index in [0.29, 0.717) is 38.9 Å². The van der Waals surface area contributed by atoms with Crippen LogP contribution in [-0.2, 0) is 36.8 Å². The minimum absolute atomic E-state index is 0.0609. The molecule has 1 saturated heterocycles. The fraction of sp³-hybridized carbons (Fsp3) is 0.590. The molecule has 4 rings (SSSR count). The Bertz CT molecular complexity index is 1230. The third-order valence-electron chi connectivity index (χ3n) is 9.58. The summed E-state index contributed by atoms with van der Waals surface area (Å²) in [6.45, 7) is 2.84. The number of hydrogen-bond acceptors (Lipinski definition) is 5. The molecule has 2 aliphatic rings. The van der Waals surface area contributed by atoms with Crippen molar-refractivity contribution in [2.24, 2.45) is 17.8 Å². The van der Waals surface area contributed by atoms with Crippen molar-refractivity contribution >= 4 is 11.8 Å². The van der Waals surface area contributed by atoms with Gasteiger partial charge in [-0.15, -0.1) is 0 Å². The Kier molecular flexibility index (Phi) is 15.0. The van der Waals surface area contributed by atoms with E-state index >= 15 is 0 Å². The molecule has 47 heavy (non-hydrogen) atoms. The van der Waals surface area contributed by atoms with Gasteiger partial charge in [0, 0.05) is 25.4 Å². The number of carboxylic acid groups (broad SMARTS) is 1. The molecule has 2 aromatic rings. The summed E-state index contributed by atoms with van der Waals surface area (Å²) in [4.78, 5) is 24.7. The van der Waals surface area contributed by atoms with Gasteiger partial charge in [0.25, 0.3) is 0 Å². The summed E-state index contributed by atoms with van der Waals surface area (Å²) in [5, 5.41) is 9.83. The van der Waals surface area contributed by atoms with E-state index in [-0.39, 0.29) is 36.8 Å². The van der Waals surface area contributed by atoms with Crippen molar-refractivity contribution in [2.75, 3.05) is 6.61 Å². The molecule has 6 nitrogen and oxygen atoms in total. The molecule has 6 atom stereocenters. The molecule has 0 spiro atoms. The predicted octanol–water partition coefficient (Wildman–Crippen LogP) is 8.96. The van der Waals surface area contributed by atoms with Crippen molar-refractivity contribution in [3.63, 3.8) is 0 Å². The molecule has 1 saturated carbocycles. The minimum atomic E-state index is -3.40. The van der Waals surface area contributed by atoms with E-state index in [1.54, 1.807) is 6.08 Å². The third kappa shape index (κ3) is 11.9. The first kappa shape index (κ1) is 36.9. The van der Waals surface area contributed by atoms with Crippen molar-refractivity contribution in [1.82, 2.24) is 0 Å². The van der Waals surface area contributed by atoms with Crippen LogP contribution in [0.3, 0.4) is 0 Å². The molecular weight excluding hydrogens is 602 g/mol. The molecule has 2 fully saturated rings. The van der Waals surface area contributed by atoms with E-state index in [4.69, 9.17) is 14.2 Å². The lowest BCUT2D eigenvalue weighted by Gasteiger charge is -2.30. The van der Waals surface area contributed by atoms with Gasteiger partial charge in [-0.3, -0.25) is 9.59 Å². The number of rotatable bonds is 20. The second-order valence-corrected chi connectivity index (χ2v) is 13.2. The summed E-state index contributed by atoms with van der Waals surface area (Å²) < 4.78 is 48.2. The molecule has 258 valence electrons. The summed E-state index contributed by atoms with van der Waals surface area (Å²) in [5.41, 5.74) is 2.03. The molecule has 2 aromatic carbocycles. The number of carboxylic acids is 1. The van der Waals surface area contributed by atoms with E-state index in [1.165, 1.54) is 0 Å². The second kappa shape index (κ2) is 19.2. The normalized spacial score (nSPS) is 24.0. The largest absolute Gasteiger partial charge is 0.481 e. The summed E-state index contributed by atoms with van der Waals surface area (Å²) >= 11 is 0. The standard InChI is InChI=1S/C39H52F2O6/c1-2-3-24-39(40,41)36(42)23-22-33-32(20-12-6-11-19-31(38(43)44)26-29-15-7-4-8-16-29)35(47-37-21-13-14-25-45-37)27-34(33)46-28-30-17-9-5-10-18-30/h4-5,7-10,15-18,22-23,31-35,37H,2-3,6,11-14,19-21,24-28H2,1H3,(H,43,44)/t31?,32-,33-,34-,35+,37?/m1/s1. The molecule has 0 amide bonds. The van der Waals surface area contributed by atoms with Crippen LogP contribution in [0.2, 0.25) is 0 Å². The van der Waals surface area contributed by atoms with Gasteiger partial charge in [0.15, 0.2) is 6.29 Å². The number of unbranched alkanes of at least 4 members (excludes halogenated alkanes) is 3. The summed E-state index contributed by atoms with van der Waals surface area (Å²) in [6.07, 6.45) is 9.95. The Hall–Kier alpha value is -2.94. The van der Waals surface area contributed by atoms with Crippen molar-refractivity contribution in [3.8, 4) is 0 Å². The lowest BCUT2D eigenvalue weighted by Crippen LogP contribution is -2.31. The first-order chi connectivity index (χ1) is 22.8. The fourth-order valence-corrected chi connectivity index (χ4v) is 6.86. The summed E-state index contributed by atoms with van der Waals surface area (Å²) in [5.74, 6) is -6.14. The van der Waals surface area contributed by atoms with E-state index in [0.717, 1.165) is 62.1 Å². The van der Waals surface area contributed by atoms with Crippen molar-refractivity contribution in [2.45, 2.75) is 121 Å². The Morgan fingerprint density at radius 1 is 0.979 bits per heavy atom. The number of alkyl halides is 2. The van der Waals surface area contributed by atoms with Crippen LogP contribution in [0, 0.1) is 17.8 Å². The van der Waals surface area contributed by atoms with Crippen LogP contribution in [-0.4, -0.2) is 47.9 Å². The van der Waals surface area contributed by atoms with Gasteiger partial charge in [-0.2, -0.15) is 8.78 Å². The van der Waals surface area contributed by atoms with Gasteiger partial charge >= 0.3 is 11.9 Å². The SMILES string of the molecule is CCCCC(F)(F)C(=O)C=C[C@@H]1[C@@H](CCCCCC(Cc2ccccc2)C(=O)O)[C@@H](OC2CCCCO2)C[C@H]1OCc1ccccc1. The lowest BCUT2D eigenvalue weighted by atomic mass is 9.87. The maximum Gasteiger partial charge on any atom is 0.309 e. The lowest BCUT2D eigenvalue weighted by molar-refractivity contribution is -0.196. The smallest absolute Gasteiger partial charge is 0.309 e. The van der Waals surface area contributed by atoms with Gasteiger partial charge in [0.05, 0.1) is 24.7 Å². The summed E-state index contributed by atoms with van der Waals surface area (Å²) in [6, 6.07) is 19.5. The molecule has 1 aliphatic carbocycles. The highest BCUT2D eigenvalue weighted by Gasteiger charge is 2.45. The zero-order valence-corrected chi connectivity index (χ0v) is 27.7. The van der Waals surface area contributed by atoms with Crippen LogP contribution in [0.25, 0.3) is 0 Å². The quantitative estimate of drug-likeness (QED) is 0.113. The minimum Gasteiger partial charge on any atom is -0.481 e. The molecule has 1 N–H and O–H groups in total. The zero-order valence-electron chi connectivity index (χ0n) is 27.7. The number of carbonyl (C=O) groups is 2. The molecule has 2 unspecified atom stereocenters. The predicted molar refractivity (Wildman–Crippen MR) is 178 cm³/mol. The van der Waals surface area contributed by atoms with Crippen molar-refractivity contribution < 1.29 is 37.7 Å². The monoisotopic (exact) mass is 654 g/mol. The fourth-order valence-electron chi connectivity index (χ4n) is 6.86. The van der Waals surface area contributed by atoms with Crippen LogP contribution in [0.5, 0.6) is 0 Å². The Balaban J connectivity index is 1.46. The number of benzene rings is 2. The molecule has 0 aromatic heterocycles. The highest BCUT2D eigenvalue weighted by molar-refractivity contribution is 5.95. The van der Waals surface area contributed by atoms with Crippen LogP contribution >= 0.6 is 0 Å². The van der Waals surface area contributed by atoms with E-state index in [1.807, 2.05) is 67.6 Å². The third-order valence-corrected chi connectivity index (χ3v) is 9.58. The molecular formula is C39H52F2O6. The number of ketones is 1. The number of aliphatic carboxylic acids is 1. The van der Waals surface area contributed by atoms with Crippen LogP contribution in [0.4, 0.5) is 8.78 Å². The first-order valence-electron chi connectivity index (χ1n) is 17.6. The van der Waals surface area contributed by atoms with Gasteiger partial charge in [-0.05, 0) is 68.1 Å². The number of hydrogen-bond donors (Lipinski definition) is 1. The Labute approximate surface area is 278 Å². The number of halogens is 2. The highest BCUT2D eigenvalue weighted by atomic mass is 19.3. The Morgan fingerprint density at radius 3 is 2.36 bits per heavy atom. The van der Waals surface area contributed by atoms with E-state index < -0.39 is 30.0 Å². The van der Waals surface area contributed by atoms with Crippen LogP contribution in [0.1, 0.15) is 95.1 Å². The summed E-state index contributed by atoms with van der Waals surface area (Å²) in [7, 11) is 0. The van der Waals surface area contributed by atoms with E-state index in [9.17, 15) is 23.5 Å². The molecule has 1 aliphatic heterocycles. The van der Waals surface area contributed by atoms with Crippen molar-refractivity contribution in [1.29, 1.82) is 0 Å². The second-order valence-electron chi connectivity index (χ2n) is 13.2. The number of carbonyl (C=O) groups excluding carboxylic acids is 1. The zero-order chi connectivity index (χ0) is 33.5. The molecule has 1 heterocycles. The Morgan fingerprint density at radius 2 is 1.70 bits per heavy atom. The number of ether oxygens (including phenoxy) is 3. The van der Waals surface area contributed by atoms with Gasteiger partial charge in [0.2, 0.25) is 5.78 Å². The maximum absolute atomic E-state index is 14.7. The average Bonchev–Trinajstić information content (AvgIpc) is 3.40. The number of allylic oxidation sites excluding steroid dienone is 1. The highest BCUT2D eigenvalue weighted by Crippen LogP contribution is 2.42. The van der Waals surface area contributed by atoms with Crippen LogP contribution < -0.4 is 0 Å². The topological polar surface area (TPSA) is 82.1 Å². The first-order valence-corrected chi connectivity index (χ1v) is 17.6. The van der Waals surface area contributed by atoms with Gasteiger partial charge in [0.1, 0.15) is 0 Å². The van der Waals surface area contributed by atoms with Crippen LogP contribution in [0.15, 0.2) is 72.8 Å². The van der Waals surface area contributed by atoms with Gasteiger partial charge < -0.3 is 19.3 Å². The molecule has 0 radical (unpaired) electrons.